The van der Waals surface area contributed by atoms with Gasteiger partial charge < -0.3 is 20.5 Å². The lowest BCUT2D eigenvalue weighted by Gasteiger charge is -2.20. The highest BCUT2D eigenvalue weighted by atomic mass is 32.2. The van der Waals surface area contributed by atoms with E-state index in [0.717, 1.165) is 4.31 Å². The number of anilines is 2. The SMILES string of the molecule is COc1ccc(N(C)S(=O)(=O)c2cccc(C(=O)Nc3ccc(OCC(N)=O)cc3)c2)cc1. The summed E-state index contributed by atoms with van der Waals surface area (Å²) in [6.45, 7) is -0.252. The third-order valence-corrected chi connectivity index (χ3v) is 6.47. The molecule has 3 aromatic rings. The number of nitrogens with zero attached hydrogens (tertiary/aromatic N) is 1. The zero-order valence-corrected chi connectivity index (χ0v) is 18.8. The molecule has 0 aliphatic rings. The predicted molar refractivity (Wildman–Crippen MR) is 124 cm³/mol. The average Bonchev–Trinajstić information content (AvgIpc) is 2.83. The van der Waals surface area contributed by atoms with Gasteiger partial charge in [-0.05, 0) is 66.7 Å². The Labute approximate surface area is 191 Å². The number of hydrogen-bond donors (Lipinski definition) is 2. The van der Waals surface area contributed by atoms with Crippen molar-refractivity contribution in [3.05, 3.63) is 78.4 Å². The molecule has 0 bridgehead atoms. The molecule has 0 atom stereocenters. The molecule has 0 aliphatic carbocycles. The van der Waals surface area contributed by atoms with Crippen molar-refractivity contribution in [2.24, 2.45) is 5.73 Å². The maximum atomic E-state index is 13.1. The van der Waals surface area contributed by atoms with Gasteiger partial charge in [-0.15, -0.1) is 0 Å². The maximum absolute atomic E-state index is 13.1. The van der Waals surface area contributed by atoms with Gasteiger partial charge in [0.05, 0.1) is 17.7 Å². The monoisotopic (exact) mass is 469 g/mol. The summed E-state index contributed by atoms with van der Waals surface area (Å²) in [6.07, 6.45) is 0. The Bertz CT molecular complexity index is 1240. The molecule has 0 fully saturated rings. The minimum absolute atomic E-state index is 0.0244. The maximum Gasteiger partial charge on any atom is 0.264 e. The summed E-state index contributed by atoms with van der Waals surface area (Å²) in [5.74, 6) is -0.0538. The Morgan fingerprint density at radius 3 is 2.21 bits per heavy atom. The topological polar surface area (TPSA) is 128 Å². The Morgan fingerprint density at radius 1 is 0.970 bits per heavy atom. The molecule has 0 saturated carbocycles. The first-order valence-corrected chi connectivity index (χ1v) is 11.2. The van der Waals surface area contributed by atoms with Crippen molar-refractivity contribution < 1.29 is 27.5 Å². The van der Waals surface area contributed by atoms with Crippen LogP contribution in [-0.4, -0.2) is 41.0 Å². The van der Waals surface area contributed by atoms with E-state index in [9.17, 15) is 18.0 Å². The van der Waals surface area contributed by atoms with Gasteiger partial charge in [-0.25, -0.2) is 8.42 Å². The molecular formula is C23H23N3O6S. The van der Waals surface area contributed by atoms with Crippen molar-refractivity contribution in [3.63, 3.8) is 0 Å². The van der Waals surface area contributed by atoms with E-state index in [1.165, 1.54) is 38.4 Å². The first-order chi connectivity index (χ1) is 15.7. The van der Waals surface area contributed by atoms with E-state index in [4.69, 9.17) is 15.2 Å². The Balaban J connectivity index is 1.75. The molecule has 0 radical (unpaired) electrons. The van der Waals surface area contributed by atoms with Crippen LogP contribution < -0.4 is 24.8 Å². The molecule has 172 valence electrons. The molecular weight excluding hydrogens is 446 g/mol. The van der Waals surface area contributed by atoms with Crippen molar-refractivity contribution in [1.29, 1.82) is 0 Å². The van der Waals surface area contributed by atoms with Crippen LogP contribution in [0.4, 0.5) is 11.4 Å². The van der Waals surface area contributed by atoms with Gasteiger partial charge in [0, 0.05) is 18.3 Å². The molecule has 33 heavy (non-hydrogen) atoms. The minimum Gasteiger partial charge on any atom is -0.497 e. The lowest BCUT2D eigenvalue weighted by Crippen LogP contribution is -2.26. The van der Waals surface area contributed by atoms with Gasteiger partial charge >= 0.3 is 0 Å². The number of sulfonamides is 1. The molecule has 3 rings (SSSR count). The highest BCUT2D eigenvalue weighted by Gasteiger charge is 2.22. The Kier molecular flexibility index (Phi) is 7.19. The van der Waals surface area contributed by atoms with Crippen LogP contribution >= 0.6 is 0 Å². The summed E-state index contributed by atoms with van der Waals surface area (Å²) >= 11 is 0. The normalized spacial score (nSPS) is 10.8. The number of nitrogens with two attached hydrogens (primary N) is 1. The molecule has 0 spiro atoms. The van der Waals surface area contributed by atoms with Crippen molar-refractivity contribution >= 4 is 33.2 Å². The van der Waals surface area contributed by atoms with Crippen LogP contribution in [0.5, 0.6) is 11.5 Å². The molecule has 0 saturated heterocycles. The van der Waals surface area contributed by atoms with Gasteiger partial charge in [0.15, 0.2) is 6.61 Å². The molecule has 2 amide bonds. The number of carbonyl (C=O) groups excluding carboxylic acids is 2. The number of nitrogens with one attached hydrogen (secondary N) is 1. The number of ether oxygens (including phenoxy) is 2. The Hall–Kier alpha value is -4.05. The highest BCUT2D eigenvalue weighted by Crippen LogP contribution is 2.25. The molecule has 9 nitrogen and oxygen atoms in total. The van der Waals surface area contributed by atoms with Crippen molar-refractivity contribution in [1.82, 2.24) is 0 Å². The summed E-state index contributed by atoms with van der Waals surface area (Å²) in [5.41, 5.74) is 6.13. The summed E-state index contributed by atoms with van der Waals surface area (Å²) in [6, 6.07) is 18.7. The largest absolute Gasteiger partial charge is 0.497 e. The lowest BCUT2D eigenvalue weighted by molar-refractivity contribution is -0.119. The van der Waals surface area contributed by atoms with Gasteiger partial charge in [0.25, 0.3) is 21.8 Å². The number of amides is 2. The molecule has 0 aliphatic heterocycles. The highest BCUT2D eigenvalue weighted by molar-refractivity contribution is 7.92. The first-order valence-electron chi connectivity index (χ1n) is 9.76. The Morgan fingerprint density at radius 2 is 1.61 bits per heavy atom. The number of benzene rings is 3. The number of carbonyl (C=O) groups is 2. The second-order valence-corrected chi connectivity index (χ2v) is 8.90. The van der Waals surface area contributed by atoms with E-state index in [2.05, 4.69) is 5.32 Å². The summed E-state index contributed by atoms with van der Waals surface area (Å²) in [4.78, 5) is 23.4. The predicted octanol–water partition coefficient (Wildman–Crippen LogP) is 2.64. The van der Waals surface area contributed by atoms with Gasteiger partial charge in [0.1, 0.15) is 11.5 Å². The van der Waals surface area contributed by atoms with Gasteiger partial charge in [0.2, 0.25) is 0 Å². The minimum atomic E-state index is -3.90. The molecule has 0 unspecified atom stereocenters. The van der Waals surface area contributed by atoms with E-state index in [1.54, 1.807) is 48.5 Å². The van der Waals surface area contributed by atoms with E-state index >= 15 is 0 Å². The average molecular weight is 470 g/mol. The third-order valence-electron chi connectivity index (χ3n) is 4.68. The smallest absolute Gasteiger partial charge is 0.264 e. The fourth-order valence-electron chi connectivity index (χ4n) is 2.88. The van der Waals surface area contributed by atoms with Gasteiger partial charge in [-0.1, -0.05) is 6.07 Å². The molecule has 10 heteroatoms. The van der Waals surface area contributed by atoms with Crippen LogP contribution in [0.2, 0.25) is 0 Å². The van der Waals surface area contributed by atoms with Crippen molar-refractivity contribution in [3.8, 4) is 11.5 Å². The van der Waals surface area contributed by atoms with E-state index in [1.807, 2.05) is 0 Å². The number of primary amides is 1. The van der Waals surface area contributed by atoms with Crippen LogP contribution in [-0.2, 0) is 14.8 Å². The standard InChI is InChI=1S/C23H23N3O6S/c1-26(18-8-12-19(31-2)13-9-18)33(29,30)21-5-3-4-16(14-21)23(28)25-17-6-10-20(11-7-17)32-15-22(24)27/h3-14H,15H2,1-2H3,(H2,24,27)(H,25,28). The summed E-state index contributed by atoms with van der Waals surface area (Å²) in [5, 5.41) is 2.69. The van der Waals surface area contributed by atoms with Crippen molar-refractivity contribution in [2.45, 2.75) is 4.90 Å². The molecule has 3 aromatic carbocycles. The van der Waals surface area contributed by atoms with Crippen LogP contribution in [0.25, 0.3) is 0 Å². The molecule has 0 heterocycles. The zero-order chi connectivity index (χ0) is 24.0. The quantitative estimate of drug-likeness (QED) is 0.496. The van der Waals surface area contributed by atoms with Crippen LogP contribution in [0.15, 0.2) is 77.7 Å². The van der Waals surface area contributed by atoms with E-state index < -0.39 is 21.8 Å². The van der Waals surface area contributed by atoms with Crippen LogP contribution in [0.3, 0.4) is 0 Å². The fraction of sp³-hybridized carbons (Fsp3) is 0.130. The summed E-state index contributed by atoms with van der Waals surface area (Å²) in [7, 11) is -0.939. The summed E-state index contributed by atoms with van der Waals surface area (Å²) < 4.78 is 37.6. The second-order valence-electron chi connectivity index (χ2n) is 6.93. The number of rotatable bonds is 9. The fourth-order valence-corrected chi connectivity index (χ4v) is 4.12. The number of hydrogen-bond acceptors (Lipinski definition) is 6. The van der Waals surface area contributed by atoms with Crippen LogP contribution in [0.1, 0.15) is 10.4 Å². The lowest BCUT2D eigenvalue weighted by atomic mass is 10.2. The first kappa shape index (κ1) is 23.6. The zero-order valence-electron chi connectivity index (χ0n) is 18.0. The molecule has 3 N–H and O–H groups in total. The van der Waals surface area contributed by atoms with Gasteiger partial charge in [-0.2, -0.15) is 0 Å². The number of methoxy groups -OCH3 is 1. The van der Waals surface area contributed by atoms with Crippen LogP contribution in [0, 0.1) is 0 Å². The van der Waals surface area contributed by atoms with E-state index in [0.29, 0.717) is 22.9 Å². The third kappa shape index (κ3) is 5.80. The van der Waals surface area contributed by atoms with Gasteiger partial charge in [-0.3, -0.25) is 13.9 Å². The molecule has 0 aromatic heterocycles. The second kappa shape index (κ2) is 10.0. The van der Waals surface area contributed by atoms with E-state index in [-0.39, 0.29) is 17.1 Å². The van der Waals surface area contributed by atoms with Crippen molar-refractivity contribution in [2.75, 3.05) is 30.4 Å².